The molecule has 128 valence electrons. The number of aliphatic hydroxyl groups excluding tert-OH is 1. The molecule has 4 N–H and O–H groups in total. The molecule has 0 radical (unpaired) electrons. The van der Waals surface area contributed by atoms with Crippen LogP contribution in [0, 0.1) is 11.3 Å². The number of aliphatic carboxylic acids is 1. The predicted molar refractivity (Wildman–Crippen MR) is 91.1 cm³/mol. The number of β-lactam (4-membered cyclic amide) rings is 1. The molecule has 2 aliphatic rings. The second-order valence-electron chi connectivity index (χ2n) is 5.59. The van der Waals surface area contributed by atoms with Crippen LogP contribution in [0.3, 0.4) is 0 Å². The molecule has 0 saturated carbocycles. The molecule has 9 heteroatoms. The second kappa shape index (κ2) is 7.59. The largest absolute Gasteiger partial charge is 0.477 e. The van der Waals surface area contributed by atoms with Crippen molar-refractivity contribution in [2.24, 2.45) is 5.92 Å². The Bertz CT molecular complexity index is 538. The van der Waals surface area contributed by atoms with Crippen LogP contribution in [0.4, 0.5) is 0 Å². The third-order valence-electron chi connectivity index (χ3n) is 3.81. The summed E-state index contributed by atoms with van der Waals surface area (Å²) in [6.45, 7) is 4.29. The summed E-state index contributed by atoms with van der Waals surface area (Å²) in [5.74, 6) is -1.94. The quantitative estimate of drug-likeness (QED) is 0.212. The second-order valence-corrected chi connectivity index (χ2v) is 8.43. The monoisotopic (exact) mass is 359 g/mol. The number of hydrogen-bond acceptors (Lipinski definition) is 6. The summed E-state index contributed by atoms with van der Waals surface area (Å²) in [5, 5.41) is 28.7. The van der Waals surface area contributed by atoms with Gasteiger partial charge in [-0.1, -0.05) is 18.7 Å². The van der Waals surface area contributed by atoms with E-state index in [9.17, 15) is 19.8 Å². The fourth-order valence-corrected chi connectivity index (χ4v) is 5.92. The van der Waals surface area contributed by atoms with Crippen molar-refractivity contribution in [1.82, 2.24) is 10.2 Å². The van der Waals surface area contributed by atoms with Crippen LogP contribution in [0.15, 0.2) is 9.93 Å². The van der Waals surface area contributed by atoms with Crippen LogP contribution in [0.5, 0.6) is 0 Å². The predicted octanol–water partition coefficient (Wildman–Crippen LogP) is 1.25. The first-order valence-electron chi connectivity index (χ1n) is 7.42. The number of thioether (sulfide) groups is 2. The zero-order valence-corrected chi connectivity index (χ0v) is 14.6. The van der Waals surface area contributed by atoms with Crippen LogP contribution < -0.4 is 5.32 Å². The highest BCUT2D eigenvalue weighted by Gasteiger charge is 2.57. The van der Waals surface area contributed by atoms with Crippen molar-refractivity contribution >= 4 is 41.7 Å². The molecule has 3 unspecified atom stereocenters. The Morgan fingerprint density at radius 3 is 2.83 bits per heavy atom. The highest BCUT2D eigenvalue weighted by Crippen LogP contribution is 2.54. The van der Waals surface area contributed by atoms with Crippen molar-refractivity contribution < 1.29 is 19.8 Å². The first-order chi connectivity index (χ1) is 10.9. The van der Waals surface area contributed by atoms with E-state index in [0.717, 1.165) is 19.2 Å². The molecular weight excluding hydrogens is 338 g/mol. The van der Waals surface area contributed by atoms with E-state index in [-0.39, 0.29) is 22.2 Å². The molecule has 0 bridgehead atoms. The maximum Gasteiger partial charge on any atom is 0.354 e. The smallest absolute Gasteiger partial charge is 0.354 e. The lowest BCUT2D eigenvalue weighted by atomic mass is 9.92. The Hall–Kier alpha value is -1.19. The van der Waals surface area contributed by atoms with Crippen LogP contribution in [0.1, 0.15) is 26.7 Å². The molecule has 1 saturated heterocycles. The minimum Gasteiger partial charge on any atom is -0.477 e. The van der Waals surface area contributed by atoms with Gasteiger partial charge in [0.05, 0.1) is 22.6 Å². The maximum atomic E-state index is 12.1. The molecule has 1 fully saturated rings. The number of carboxylic acid groups (broad SMARTS) is 1. The van der Waals surface area contributed by atoms with Crippen molar-refractivity contribution in [2.45, 2.75) is 43.4 Å². The number of rotatable bonds is 9. The summed E-state index contributed by atoms with van der Waals surface area (Å²) in [5.41, 5.74) is 0.0522. The van der Waals surface area contributed by atoms with Gasteiger partial charge in [-0.2, -0.15) is 0 Å². The van der Waals surface area contributed by atoms with E-state index >= 15 is 0 Å². The van der Waals surface area contributed by atoms with Crippen molar-refractivity contribution in [1.29, 1.82) is 5.41 Å². The Morgan fingerprint density at radius 1 is 1.57 bits per heavy atom. The summed E-state index contributed by atoms with van der Waals surface area (Å²) in [6, 6.07) is 0. The summed E-state index contributed by atoms with van der Waals surface area (Å²) in [4.78, 5) is 24.9. The van der Waals surface area contributed by atoms with Gasteiger partial charge >= 0.3 is 5.97 Å². The van der Waals surface area contributed by atoms with Crippen LogP contribution >= 0.6 is 23.5 Å². The van der Waals surface area contributed by atoms with Gasteiger partial charge in [0, 0.05) is 11.8 Å². The Balaban J connectivity index is 2.01. The molecule has 0 aromatic rings. The molecule has 2 rings (SSSR count). The van der Waals surface area contributed by atoms with Crippen LogP contribution in [-0.2, 0) is 9.59 Å². The number of carboxylic acids is 1. The molecule has 4 atom stereocenters. The molecule has 0 spiro atoms. The molecule has 0 aliphatic carbocycles. The van der Waals surface area contributed by atoms with E-state index in [1.807, 2.05) is 6.92 Å². The highest BCUT2D eigenvalue weighted by molar-refractivity contribution is 8.23. The van der Waals surface area contributed by atoms with Gasteiger partial charge in [-0.3, -0.25) is 15.1 Å². The third kappa shape index (κ3) is 3.67. The average molecular weight is 359 g/mol. The summed E-state index contributed by atoms with van der Waals surface area (Å²) in [6.07, 6.45) is 2.13. The van der Waals surface area contributed by atoms with Gasteiger partial charge in [0.15, 0.2) is 5.70 Å². The number of fused-ring (bicyclic) bond motifs is 1. The standard InChI is InChI=1S/C14H21N3O4S2/c1-7(4-3-5-16-6-15)22-14-10(13(20)21)17-11(19)9(8(2)18)12(17)23-14/h6-9,12,18H,3-5H2,1-2H3,(H2,15,16)(H,20,21)/t7?,8?,9?,12-/m1/s1. The molecule has 23 heavy (non-hydrogen) atoms. The van der Waals surface area contributed by atoms with Gasteiger partial charge < -0.3 is 15.5 Å². The van der Waals surface area contributed by atoms with Crippen molar-refractivity contribution in [2.75, 3.05) is 6.54 Å². The van der Waals surface area contributed by atoms with Gasteiger partial charge in [0.2, 0.25) is 5.91 Å². The maximum absolute atomic E-state index is 12.1. The number of nitrogens with one attached hydrogen (secondary N) is 2. The average Bonchev–Trinajstić information content (AvgIpc) is 2.77. The van der Waals surface area contributed by atoms with E-state index in [0.29, 0.717) is 10.8 Å². The Kier molecular flexibility index (Phi) is 5.99. The van der Waals surface area contributed by atoms with Crippen LogP contribution in [-0.4, -0.2) is 56.6 Å². The zero-order chi connectivity index (χ0) is 17.1. The van der Waals surface area contributed by atoms with Gasteiger partial charge in [-0.05, 0) is 19.8 Å². The first kappa shape index (κ1) is 18.2. The van der Waals surface area contributed by atoms with Gasteiger partial charge in [-0.25, -0.2) is 4.79 Å². The molecule has 2 aliphatic heterocycles. The van der Waals surface area contributed by atoms with Gasteiger partial charge in [0.25, 0.3) is 0 Å². The van der Waals surface area contributed by atoms with Crippen LogP contribution in [0.2, 0.25) is 0 Å². The normalized spacial score (nSPS) is 25.7. The molecule has 2 heterocycles. The molecule has 1 amide bonds. The van der Waals surface area contributed by atoms with Crippen molar-refractivity contribution in [3.63, 3.8) is 0 Å². The third-order valence-corrected chi connectivity index (χ3v) is 6.59. The van der Waals surface area contributed by atoms with Crippen LogP contribution in [0.25, 0.3) is 0 Å². The number of carbonyl (C=O) groups excluding carboxylic acids is 1. The molecular formula is C14H21N3O4S2. The van der Waals surface area contributed by atoms with Crippen molar-refractivity contribution in [3.8, 4) is 0 Å². The molecule has 0 aromatic heterocycles. The minimum atomic E-state index is -1.10. The Morgan fingerprint density at radius 2 is 2.26 bits per heavy atom. The Labute approximate surface area is 143 Å². The minimum absolute atomic E-state index is 0.0522. The van der Waals surface area contributed by atoms with E-state index in [1.54, 1.807) is 6.92 Å². The number of amides is 1. The van der Waals surface area contributed by atoms with E-state index in [4.69, 9.17) is 5.41 Å². The highest BCUT2D eigenvalue weighted by atomic mass is 32.2. The lowest BCUT2D eigenvalue weighted by Crippen LogP contribution is -2.60. The van der Waals surface area contributed by atoms with E-state index in [2.05, 4.69) is 5.32 Å². The number of nitrogens with zero attached hydrogens (tertiary/aromatic N) is 1. The number of aliphatic hydroxyl groups is 1. The fourth-order valence-electron chi connectivity index (χ4n) is 2.64. The van der Waals surface area contributed by atoms with E-state index in [1.165, 1.54) is 28.4 Å². The summed E-state index contributed by atoms with van der Waals surface area (Å²) in [7, 11) is 0. The van der Waals surface area contributed by atoms with Crippen molar-refractivity contribution in [3.05, 3.63) is 9.93 Å². The first-order valence-corrected chi connectivity index (χ1v) is 9.18. The van der Waals surface area contributed by atoms with E-state index < -0.39 is 18.0 Å². The topological polar surface area (TPSA) is 114 Å². The number of hydrogen-bond donors (Lipinski definition) is 4. The van der Waals surface area contributed by atoms with Gasteiger partial charge in [0.1, 0.15) is 5.37 Å². The fraction of sp³-hybridized carbons (Fsp3) is 0.643. The lowest BCUT2D eigenvalue weighted by molar-refractivity contribution is -0.156. The lowest BCUT2D eigenvalue weighted by Gasteiger charge is -2.43. The summed E-state index contributed by atoms with van der Waals surface area (Å²) < 4.78 is 0.645. The number of carbonyl (C=O) groups is 2. The molecule has 0 aromatic carbocycles. The SMILES string of the molecule is CC(CCCNC=N)SC1=C(C(=O)O)N2C(=O)C(C(C)O)[C@H]2S1. The summed E-state index contributed by atoms with van der Waals surface area (Å²) >= 11 is 2.83. The molecule has 7 nitrogen and oxygen atoms in total. The van der Waals surface area contributed by atoms with Gasteiger partial charge in [-0.15, -0.1) is 11.8 Å². The zero-order valence-electron chi connectivity index (χ0n) is 13.0.